The topological polar surface area (TPSA) is 55.9 Å². The lowest BCUT2D eigenvalue weighted by Gasteiger charge is -2.35. The second-order valence-corrected chi connectivity index (χ2v) is 8.11. The van der Waals surface area contributed by atoms with Crippen LogP contribution in [-0.2, 0) is 11.2 Å². The molecule has 2 aliphatic heterocycles. The first-order valence-corrected chi connectivity index (χ1v) is 10.3. The number of halogens is 1. The predicted molar refractivity (Wildman–Crippen MR) is 117 cm³/mol. The summed E-state index contributed by atoms with van der Waals surface area (Å²) in [5.41, 5.74) is 4.21. The van der Waals surface area contributed by atoms with Crippen LogP contribution in [0.2, 0.25) is 5.02 Å². The average molecular weight is 413 g/mol. The van der Waals surface area contributed by atoms with Gasteiger partial charge in [0, 0.05) is 55.9 Å². The molecule has 6 nitrogen and oxygen atoms in total. The van der Waals surface area contributed by atoms with E-state index in [9.17, 15) is 9.59 Å². The van der Waals surface area contributed by atoms with Gasteiger partial charge in [0.05, 0.1) is 11.4 Å². The largest absolute Gasteiger partial charge is 0.367 e. The molecule has 0 unspecified atom stereocenters. The summed E-state index contributed by atoms with van der Waals surface area (Å²) in [6.07, 6.45) is 0.764. The molecule has 1 fully saturated rings. The minimum absolute atomic E-state index is 0.0247. The molecular weight excluding hydrogens is 388 g/mol. The lowest BCUT2D eigenvalue weighted by atomic mass is 10.1. The van der Waals surface area contributed by atoms with Gasteiger partial charge in [-0.1, -0.05) is 11.6 Å². The number of hydrogen-bond donors (Lipinski definition) is 1. The maximum Gasteiger partial charge on any atom is 0.255 e. The Morgan fingerprint density at radius 2 is 1.69 bits per heavy atom. The number of fused-ring (bicyclic) bond motifs is 1. The van der Waals surface area contributed by atoms with Crippen molar-refractivity contribution in [3.8, 4) is 0 Å². The number of likely N-dealkylation sites (N-methyl/N-ethyl adjacent to an activating group) is 1. The van der Waals surface area contributed by atoms with Gasteiger partial charge in [-0.25, -0.2) is 0 Å². The summed E-state index contributed by atoms with van der Waals surface area (Å²) < 4.78 is 0. The highest BCUT2D eigenvalue weighted by atomic mass is 35.5. The van der Waals surface area contributed by atoms with Crippen LogP contribution < -0.4 is 15.1 Å². The zero-order valence-electron chi connectivity index (χ0n) is 16.7. The van der Waals surface area contributed by atoms with E-state index in [0.29, 0.717) is 17.1 Å². The number of carbonyl (C=O) groups is 2. The fourth-order valence-corrected chi connectivity index (χ4v) is 4.17. The van der Waals surface area contributed by atoms with E-state index < -0.39 is 0 Å². The second-order valence-electron chi connectivity index (χ2n) is 7.67. The van der Waals surface area contributed by atoms with Gasteiger partial charge in [0.15, 0.2) is 0 Å². The van der Waals surface area contributed by atoms with Crippen LogP contribution in [0.15, 0.2) is 36.4 Å². The van der Waals surface area contributed by atoms with Crippen molar-refractivity contribution in [1.29, 1.82) is 0 Å². The van der Waals surface area contributed by atoms with Gasteiger partial charge in [0.25, 0.3) is 5.91 Å². The molecule has 2 aliphatic rings. The van der Waals surface area contributed by atoms with Crippen LogP contribution in [0.1, 0.15) is 22.8 Å². The van der Waals surface area contributed by atoms with Gasteiger partial charge in [0.2, 0.25) is 5.91 Å². The monoisotopic (exact) mass is 412 g/mol. The molecule has 1 N–H and O–H groups in total. The Morgan fingerprint density at radius 3 is 2.41 bits per heavy atom. The maximum atomic E-state index is 13.0. The highest BCUT2D eigenvalue weighted by Gasteiger charge is 2.24. The van der Waals surface area contributed by atoms with Crippen molar-refractivity contribution in [2.24, 2.45) is 0 Å². The molecule has 2 heterocycles. The fourth-order valence-electron chi connectivity index (χ4n) is 4.00. The normalized spacial score (nSPS) is 16.7. The van der Waals surface area contributed by atoms with Crippen LogP contribution in [-0.4, -0.2) is 56.5 Å². The van der Waals surface area contributed by atoms with Crippen molar-refractivity contribution >= 4 is 40.5 Å². The van der Waals surface area contributed by atoms with Crippen molar-refractivity contribution in [3.05, 3.63) is 52.5 Å². The number of amides is 2. The average Bonchev–Trinajstić information content (AvgIpc) is 3.12. The van der Waals surface area contributed by atoms with Crippen LogP contribution in [0.25, 0.3) is 0 Å². The highest BCUT2D eigenvalue weighted by Crippen LogP contribution is 2.32. The van der Waals surface area contributed by atoms with Crippen molar-refractivity contribution < 1.29 is 9.59 Å². The number of hydrogen-bond acceptors (Lipinski definition) is 4. The molecule has 0 saturated carbocycles. The molecule has 0 radical (unpaired) electrons. The summed E-state index contributed by atoms with van der Waals surface area (Å²) >= 11 is 6.22. The summed E-state index contributed by atoms with van der Waals surface area (Å²) in [5, 5.41) is 3.63. The zero-order valence-corrected chi connectivity index (χ0v) is 17.5. The molecule has 0 spiro atoms. The van der Waals surface area contributed by atoms with Crippen LogP contribution in [0.5, 0.6) is 0 Å². The lowest BCUT2D eigenvalue weighted by Crippen LogP contribution is -2.44. The van der Waals surface area contributed by atoms with E-state index in [0.717, 1.165) is 55.2 Å². The first kappa shape index (κ1) is 19.7. The summed E-state index contributed by atoms with van der Waals surface area (Å²) in [4.78, 5) is 31.0. The van der Waals surface area contributed by atoms with E-state index in [1.165, 1.54) is 0 Å². The SMILES string of the molecule is CC(=O)N1CCc2cc(C(=O)Nc3cc(Cl)ccc3N3CCN(C)CC3)ccc21. The van der Waals surface area contributed by atoms with Crippen LogP contribution in [0, 0.1) is 0 Å². The van der Waals surface area contributed by atoms with Crippen LogP contribution in [0.4, 0.5) is 17.1 Å². The van der Waals surface area contributed by atoms with Gasteiger partial charge >= 0.3 is 0 Å². The Labute approximate surface area is 176 Å². The number of nitrogens with one attached hydrogen (secondary N) is 1. The molecule has 2 amide bonds. The molecule has 0 aliphatic carbocycles. The Kier molecular flexibility index (Phi) is 5.48. The number of carbonyl (C=O) groups excluding carboxylic acids is 2. The third kappa shape index (κ3) is 4.09. The third-order valence-electron chi connectivity index (χ3n) is 5.67. The van der Waals surface area contributed by atoms with E-state index in [4.69, 9.17) is 11.6 Å². The molecule has 7 heteroatoms. The predicted octanol–water partition coefficient (Wildman–Crippen LogP) is 3.25. The minimum Gasteiger partial charge on any atom is -0.367 e. The summed E-state index contributed by atoms with van der Waals surface area (Å²) in [6.45, 7) is 5.99. The number of nitrogens with zero attached hydrogens (tertiary/aromatic N) is 3. The molecule has 0 bridgehead atoms. The first-order chi connectivity index (χ1) is 13.9. The van der Waals surface area contributed by atoms with Crippen molar-refractivity contribution in [2.75, 3.05) is 54.9 Å². The molecule has 1 saturated heterocycles. The molecule has 4 rings (SSSR count). The number of rotatable bonds is 3. The summed E-state index contributed by atoms with van der Waals surface area (Å²) in [5.74, 6) is -0.150. The second kappa shape index (κ2) is 8.05. The molecule has 2 aromatic carbocycles. The highest BCUT2D eigenvalue weighted by molar-refractivity contribution is 6.31. The van der Waals surface area contributed by atoms with Gasteiger partial charge in [-0.3, -0.25) is 9.59 Å². The zero-order chi connectivity index (χ0) is 20.5. The van der Waals surface area contributed by atoms with Crippen molar-refractivity contribution in [2.45, 2.75) is 13.3 Å². The van der Waals surface area contributed by atoms with E-state index in [2.05, 4.69) is 22.2 Å². The first-order valence-electron chi connectivity index (χ1n) is 9.88. The Morgan fingerprint density at radius 1 is 0.966 bits per heavy atom. The standard InChI is InChI=1S/C22H25ClN4O2/c1-15(28)27-8-7-16-13-17(3-5-20(16)27)22(29)24-19-14-18(23)4-6-21(19)26-11-9-25(2)10-12-26/h3-6,13-14H,7-12H2,1-2H3,(H,24,29). The summed E-state index contributed by atoms with van der Waals surface area (Å²) in [6, 6.07) is 11.1. The van der Waals surface area contributed by atoms with E-state index in [-0.39, 0.29) is 11.8 Å². The van der Waals surface area contributed by atoms with Crippen molar-refractivity contribution in [3.63, 3.8) is 0 Å². The maximum absolute atomic E-state index is 13.0. The van der Waals surface area contributed by atoms with Crippen LogP contribution >= 0.6 is 11.6 Å². The van der Waals surface area contributed by atoms with Gasteiger partial charge in [-0.05, 0) is 55.4 Å². The van der Waals surface area contributed by atoms with E-state index in [1.807, 2.05) is 24.3 Å². The van der Waals surface area contributed by atoms with E-state index >= 15 is 0 Å². The Hall–Kier alpha value is -2.57. The molecule has 2 aromatic rings. The van der Waals surface area contributed by atoms with Gasteiger partial charge in [-0.15, -0.1) is 0 Å². The third-order valence-corrected chi connectivity index (χ3v) is 5.90. The lowest BCUT2D eigenvalue weighted by molar-refractivity contribution is -0.116. The molecule has 0 aromatic heterocycles. The molecular formula is C22H25ClN4O2. The number of piperazine rings is 1. The molecule has 29 heavy (non-hydrogen) atoms. The molecule has 152 valence electrons. The fraction of sp³-hybridized carbons (Fsp3) is 0.364. The van der Waals surface area contributed by atoms with Crippen molar-refractivity contribution in [1.82, 2.24) is 4.90 Å². The Bertz CT molecular complexity index is 954. The minimum atomic E-state index is -0.174. The number of benzene rings is 2. The quantitative estimate of drug-likeness (QED) is 0.840. The molecule has 0 atom stereocenters. The van der Waals surface area contributed by atoms with Gasteiger partial charge in [-0.2, -0.15) is 0 Å². The smallest absolute Gasteiger partial charge is 0.255 e. The van der Waals surface area contributed by atoms with E-state index in [1.54, 1.807) is 24.0 Å². The Balaban J connectivity index is 1.56. The summed E-state index contributed by atoms with van der Waals surface area (Å²) in [7, 11) is 2.11. The van der Waals surface area contributed by atoms with Gasteiger partial charge < -0.3 is 20.0 Å². The number of anilines is 3. The van der Waals surface area contributed by atoms with Crippen LogP contribution in [0.3, 0.4) is 0 Å². The van der Waals surface area contributed by atoms with Gasteiger partial charge in [0.1, 0.15) is 0 Å².